The van der Waals surface area contributed by atoms with Gasteiger partial charge in [0.2, 0.25) is 0 Å². The third-order valence-corrected chi connectivity index (χ3v) is 6.23. The fraction of sp³-hybridized carbons (Fsp3) is 0.842. The zero-order chi connectivity index (χ0) is 16.6. The van der Waals surface area contributed by atoms with E-state index in [9.17, 15) is 17.6 Å². The molecule has 0 nitrogen and oxygen atoms in total. The number of alkyl halides is 3. The van der Waals surface area contributed by atoms with Crippen LogP contribution >= 0.6 is 0 Å². The Bertz CT molecular complexity index is 427. The van der Waals surface area contributed by atoms with E-state index in [1.54, 1.807) is 0 Å². The van der Waals surface area contributed by atoms with Crippen molar-refractivity contribution in [2.75, 3.05) is 0 Å². The molecule has 0 aliphatic heterocycles. The molecule has 3 atom stereocenters. The summed E-state index contributed by atoms with van der Waals surface area (Å²) in [4.78, 5) is 0. The van der Waals surface area contributed by atoms with Gasteiger partial charge in [-0.15, -0.1) is 0 Å². The number of halogens is 4. The lowest BCUT2D eigenvalue weighted by molar-refractivity contribution is 0.0239. The molecule has 0 N–H and O–H groups in total. The third kappa shape index (κ3) is 3.76. The zero-order valence-electron chi connectivity index (χ0n) is 13.8. The van der Waals surface area contributed by atoms with Crippen LogP contribution in [0.1, 0.15) is 64.7 Å². The van der Waals surface area contributed by atoms with Crippen molar-refractivity contribution in [3.05, 3.63) is 17.3 Å². The molecule has 0 heterocycles. The lowest BCUT2D eigenvalue weighted by Gasteiger charge is -2.38. The molecule has 2 saturated carbocycles. The Labute approximate surface area is 136 Å². The van der Waals surface area contributed by atoms with Crippen LogP contribution in [-0.2, 0) is 0 Å². The van der Waals surface area contributed by atoms with E-state index in [2.05, 4.69) is 6.92 Å². The highest BCUT2D eigenvalue weighted by Gasteiger charge is 2.42. The minimum atomic E-state index is -2.04. The maximum absolute atomic E-state index is 14.6. The molecule has 23 heavy (non-hydrogen) atoms. The van der Waals surface area contributed by atoms with Crippen LogP contribution in [0.5, 0.6) is 0 Å². The molecular weight excluding hydrogens is 304 g/mol. The topological polar surface area (TPSA) is 0 Å². The molecule has 0 aromatic carbocycles. The van der Waals surface area contributed by atoms with Crippen LogP contribution in [0.2, 0.25) is 0 Å². The van der Waals surface area contributed by atoms with Crippen molar-refractivity contribution in [1.29, 1.82) is 0 Å². The molecule has 3 aliphatic carbocycles. The minimum absolute atomic E-state index is 0.0664. The van der Waals surface area contributed by atoms with Gasteiger partial charge < -0.3 is 0 Å². The smallest absolute Gasteiger partial charge is 0.162 e. The quantitative estimate of drug-likeness (QED) is 0.527. The van der Waals surface area contributed by atoms with Crippen LogP contribution in [0.3, 0.4) is 0 Å². The standard InChI is InChI=1S/C19H27F4/c1-11-2-4-12(5-3-11)13-6-7-15(16(20)8-13)14-9-17(21)19(23)18(22)10-14/h11,13-14,17-19H,2-10H2,1H3. The largest absolute Gasteiger partial charge is 0.244 e. The average molecular weight is 331 g/mol. The van der Waals surface area contributed by atoms with E-state index < -0.39 is 24.4 Å². The van der Waals surface area contributed by atoms with Gasteiger partial charge in [0.05, 0.1) is 5.83 Å². The van der Waals surface area contributed by atoms with Gasteiger partial charge in [0, 0.05) is 6.42 Å². The Balaban J connectivity index is 1.63. The van der Waals surface area contributed by atoms with Gasteiger partial charge in [-0.05, 0) is 67.8 Å². The number of hydrogen-bond donors (Lipinski definition) is 0. The van der Waals surface area contributed by atoms with Gasteiger partial charge >= 0.3 is 0 Å². The maximum Gasteiger partial charge on any atom is 0.162 e. The molecule has 131 valence electrons. The van der Waals surface area contributed by atoms with Crippen molar-refractivity contribution in [2.24, 2.45) is 17.8 Å². The molecule has 0 aromatic heterocycles. The molecule has 3 rings (SSSR count). The molecule has 0 amide bonds. The molecule has 0 bridgehead atoms. The van der Waals surface area contributed by atoms with Crippen LogP contribution in [-0.4, -0.2) is 18.5 Å². The van der Waals surface area contributed by atoms with Gasteiger partial charge in [0.15, 0.2) is 6.17 Å². The Kier molecular flexibility index (Phi) is 5.37. The van der Waals surface area contributed by atoms with Crippen molar-refractivity contribution in [3.8, 4) is 0 Å². The number of allylic oxidation sites excluding steroid dienone is 2. The predicted molar refractivity (Wildman–Crippen MR) is 83.8 cm³/mol. The monoisotopic (exact) mass is 331 g/mol. The van der Waals surface area contributed by atoms with E-state index in [4.69, 9.17) is 0 Å². The second-order valence-electron chi connectivity index (χ2n) is 7.86. The van der Waals surface area contributed by atoms with Gasteiger partial charge in [-0.2, -0.15) is 0 Å². The number of rotatable bonds is 2. The predicted octanol–water partition coefficient (Wildman–Crippen LogP) is 6.22. The molecule has 0 saturated heterocycles. The first-order chi connectivity index (χ1) is 11.0. The van der Waals surface area contributed by atoms with Crippen LogP contribution < -0.4 is 0 Å². The summed E-state index contributed by atoms with van der Waals surface area (Å²) in [5, 5.41) is 0. The fourth-order valence-electron chi connectivity index (χ4n) is 4.64. The first kappa shape index (κ1) is 17.3. The van der Waals surface area contributed by atoms with Crippen molar-refractivity contribution in [2.45, 2.75) is 83.2 Å². The highest BCUT2D eigenvalue weighted by molar-refractivity contribution is 5.20. The molecular formula is C19H27F4. The molecule has 1 radical (unpaired) electrons. The first-order valence-corrected chi connectivity index (χ1v) is 9.10. The van der Waals surface area contributed by atoms with Crippen molar-refractivity contribution in [1.82, 2.24) is 0 Å². The van der Waals surface area contributed by atoms with Gasteiger partial charge in [0.1, 0.15) is 12.3 Å². The molecule has 0 spiro atoms. The maximum atomic E-state index is 14.6. The Hall–Kier alpha value is -0.540. The van der Waals surface area contributed by atoms with E-state index in [1.165, 1.54) is 18.8 Å². The van der Waals surface area contributed by atoms with E-state index in [0.29, 0.717) is 24.3 Å². The number of hydrogen-bond acceptors (Lipinski definition) is 0. The van der Waals surface area contributed by atoms with Gasteiger partial charge in [-0.1, -0.05) is 19.8 Å². The lowest BCUT2D eigenvalue weighted by atomic mass is 9.69. The van der Waals surface area contributed by atoms with Gasteiger partial charge in [-0.3, -0.25) is 0 Å². The Morgan fingerprint density at radius 2 is 1.43 bits per heavy atom. The van der Waals surface area contributed by atoms with E-state index >= 15 is 0 Å². The lowest BCUT2D eigenvalue weighted by Crippen LogP contribution is -2.38. The summed E-state index contributed by atoms with van der Waals surface area (Å²) in [6, 6.07) is 0. The summed E-state index contributed by atoms with van der Waals surface area (Å²) < 4.78 is 55.1. The molecule has 3 unspecified atom stereocenters. The van der Waals surface area contributed by atoms with Crippen molar-refractivity contribution < 1.29 is 17.6 Å². The Morgan fingerprint density at radius 3 is 2.00 bits per heavy atom. The summed E-state index contributed by atoms with van der Waals surface area (Å²) in [7, 11) is 0. The molecule has 0 aromatic rings. The summed E-state index contributed by atoms with van der Waals surface area (Å²) in [6.45, 7) is 2.26. The molecule has 4 heteroatoms. The SMILES string of the molecule is CC1CC[C](C2CCC(C3CC(F)C(F)C(F)C3)=C(F)C2)CC1. The van der Waals surface area contributed by atoms with E-state index in [-0.39, 0.29) is 18.7 Å². The molecule has 2 fully saturated rings. The van der Waals surface area contributed by atoms with Gasteiger partial charge in [0.25, 0.3) is 0 Å². The fourth-order valence-corrected chi connectivity index (χ4v) is 4.64. The summed E-state index contributed by atoms with van der Waals surface area (Å²) in [6.07, 6.45) is 0.676. The highest BCUT2D eigenvalue weighted by atomic mass is 19.2. The molecule has 3 aliphatic rings. The second kappa shape index (κ2) is 7.14. The van der Waals surface area contributed by atoms with E-state index in [1.807, 2.05) is 0 Å². The minimum Gasteiger partial charge on any atom is -0.244 e. The normalized spacial score (nSPS) is 41.3. The first-order valence-electron chi connectivity index (χ1n) is 9.10. The average Bonchev–Trinajstić information content (AvgIpc) is 2.53. The van der Waals surface area contributed by atoms with Crippen LogP contribution in [0, 0.1) is 23.7 Å². The second-order valence-corrected chi connectivity index (χ2v) is 7.86. The van der Waals surface area contributed by atoms with Crippen LogP contribution in [0.15, 0.2) is 11.4 Å². The van der Waals surface area contributed by atoms with Gasteiger partial charge in [-0.25, -0.2) is 17.6 Å². The zero-order valence-corrected chi connectivity index (χ0v) is 13.8. The summed E-state index contributed by atoms with van der Waals surface area (Å²) >= 11 is 0. The Morgan fingerprint density at radius 1 is 0.826 bits per heavy atom. The van der Waals surface area contributed by atoms with Crippen LogP contribution in [0.4, 0.5) is 17.6 Å². The highest BCUT2D eigenvalue weighted by Crippen LogP contribution is 2.47. The van der Waals surface area contributed by atoms with Crippen molar-refractivity contribution >= 4 is 0 Å². The van der Waals surface area contributed by atoms with Crippen molar-refractivity contribution in [3.63, 3.8) is 0 Å². The van der Waals surface area contributed by atoms with Crippen LogP contribution in [0.25, 0.3) is 0 Å². The third-order valence-electron chi connectivity index (χ3n) is 6.23. The van der Waals surface area contributed by atoms with E-state index in [0.717, 1.165) is 25.2 Å². The summed E-state index contributed by atoms with van der Waals surface area (Å²) in [5.41, 5.74) is 0.572. The summed E-state index contributed by atoms with van der Waals surface area (Å²) in [5.74, 6) is 1.91.